The third-order valence-corrected chi connectivity index (χ3v) is 4.10. The minimum Gasteiger partial charge on any atom is -0.459 e. The molecule has 6 heteroatoms. The summed E-state index contributed by atoms with van der Waals surface area (Å²) in [6, 6.07) is 13.7. The average molecular weight is 323 g/mol. The van der Waals surface area contributed by atoms with Crippen molar-refractivity contribution in [3.8, 4) is 11.7 Å². The maximum atomic E-state index is 5.93. The SMILES string of the molecule is CC(c1cc2ccccc2o1)N(C)Cc1nnc(-c2ccco2)o1. The fourth-order valence-corrected chi connectivity index (χ4v) is 2.59. The third-order valence-electron chi connectivity index (χ3n) is 4.10. The molecule has 0 aliphatic heterocycles. The second-order valence-electron chi connectivity index (χ2n) is 5.76. The molecule has 122 valence electrons. The highest BCUT2D eigenvalue weighted by molar-refractivity contribution is 5.77. The van der Waals surface area contributed by atoms with Crippen LogP contribution in [0.2, 0.25) is 0 Å². The van der Waals surface area contributed by atoms with Gasteiger partial charge in [-0.3, -0.25) is 4.90 Å². The standard InChI is InChI=1S/C18H17N3O3/c1-12(16-10-13-6-3-4-7-14(13)23-16)21(2)11-17-19-20-18(24-17)15-8-5-9-22-15/h3-10,12H,11H2,1-2H3. The molecule has 0 aliphatic rings. The highest BCUT2D eigenvalue weighted by Crippen LogP contribution is 2.27. The number of rotatable bonds is 5. The molecule has 3 aromatic heterocycles. The summed E-state index contributed by atoms with van der Waals surface area (Å²) in [6.07, 6.45) is 1.58. The van der Waals surface area contributed by atoms with Gasteiger partial charge in [0.15, 0.2) is 5.76 Å². The predicted molar refractivity (Wildman–Crippen MR) is 88.1 cm³/mol. The Morgan fingerprint density at radius 2 is 1.96 bits per heavy atom. The number of fused-ring (bicyclic) bond motifs is 1. The van der Waals surface area contributed by atoms with Crippen LogP contribution in [0.1, 0.15) is 24.6 Å². The number of nitrogens with zero attached hydrogens (tertiary/aromatic N) is 3. The van der Waals surface area contributed by atoms with E-state index in [1.807, 2.05) is 31.3 Å². The monoisotopic (exact) mass is 323 g/mol. The van der Waals surface area contributed by atoms with Crippen LogP contribution in [0.3, 0.4) is 0 Å². The average Bonchev–Trinajstić information content (AvgIpc) is 3.32. The first kappa shape index (κ1) is 14.7. The summed E-state index contributed by atoms with van der Waals surface area (Å²) < 4.78 is 16.8. The first-order valence-corrected chi connectivity index (χ1v) is 7.75. The topological polar surface area (TPSA) is 68.4 Å². The van der Waals surface area contributed by atoms with E-state index in [0.717, 1.165) is 16.7 Å². The van der Waals surface area contributed by atoms with Gasteiger partial charge in [-0.1, -0.05) is 18.2 Å². The molecule has 1 unspecified atom stereocenters. The number of para-hydroxylation sites is 1. The first-order chi connectivity index (χ1) is 11.7. The quantitative estimate of drug-likeness (QED) is 0.546. The van der Waals surface area contributed by atoms with Crippen LogP contribution in [0.15, 0.2) is 62.0 Å². The number of aromatic nitrogens is 2. The second kappa shape index (κ2) is 5.98. The van der Waals surface area contributed by atoms with Gasteiger partial charge < -0.3 is 13.3 Å². The van der Waals surface area contributed by atoms with Crippen molar-refractivity contribution in [2.45, 2.75) is 19.5 Å². The molecule has 0 saturated heterocycles. The van der Waals surface area contributed by atoms with Gasteiger partial charge in [0.2, 0.25) is 5.89 Å². The van der Waals surface area contributed by atoms with Gasteiger partial charge in [-0.15, -0.1) is 10.2 Å². The van der Waals surface area contributed by atoms with Gasteiger partial charge in [0.25, 0.3) is 5.89 Å². The third kappa shape index (κ3) is 2.72. The van der Waals surface area contributed by atoms with Crippen LogP contribution in [-0.4, -0.2) is 22.1 Å². The van der Waals surface area contributed by atoms with Crippen LogP contribution in [0.4, 0.5) is 0 Å². The number of hydrogen-bond donors (Lipinski definition) is 0. The molecular formula is C18H17N3O3. The van der Waals surface area contributed by atoms with Crippen LogP contribution < -0.4 is 0 Å². The molecule has 3 heterocycles. The molecule has 1 aromatic carbocycles. The van der Waals surface area contributed by atoms with Crippen molar-refractivity contribution in [3.63, 3.8) is 0 Å². The Balaban J connectivity index is 1.50. The Morgan fingerprint density at radius 3 is 2.75 bits per heavy atom. The molecule has 4 aromatic rings. The molecule has 0 fully saturated rings. The normalized spacial score (nSPS) is 13.0. The van der Waals surface area contributed by atoms with Crippen molar-refractivity contribution in [2.75, 3.05) is 7.05 Å². The molecule has 6 nitrogen and oxygen atoms in total. The molecule has 4 rings (SSSR count). The number of benzene rings is 1. The molecule has 0 radical (unpaired) electrons. The number of furan rings is 2. The van der Waals surface area contributed by atoms with E-state index >= 15 is 0 Å². The zero-order valence-electron chi connectivity index (χ0n) is 13.5. The summed E-state index contributed by atoms with van der Waals surface area (Å²) in [5, 5.41) is 9.20. The van der Waals surface area contributed by atoms with Gasteiger partial charge in [-0.05, 0) is 38.2 Å². The Bertz CT molecular complexity index is 906. The summed E-state index contributed by atoms with van der Waals surface area (Å²) in [7, 11) is 1.99. The van der Waals surface area contributed by atoms with Crippen molar-refractivity contribution in [2.24, 2.45) is 0 Å². The van der Waals surface area contributed by atoms with E-state index in [9.17, 15) is 0 Å². The Labute approximate surface area is 138 Å². The Kier molecular flexibility index (Phi) is 3.66. The molecule has 1 atom stereocenters. The van der Waals surface area contributed by atoms with E-state index < -0.39 is 0 Å². The molecule has 0 aliphatic carbocycles. The molecule has 0 spiro atoms. The summed E-state index contributed by atoms with van der Waals surface area (Å²) >= 11 is 0. The van der Waals surface area contributed by atoms with Gasteiger partial charge in [0, 0.05) is 5.39 Å². The van der Waals surface area contributed by atoms with Crippen LogP contribution in [0.5, 0.6) is 0 Å². The molecule has 0 bridgehead atoms. The van der Waals surface area contributed by atoms with Crippen molar-refractivity contribution in [1.29, 1.82) is 0 Å². The van der Waals surface area contributed by atoms with E-state index in [1.54, 1.807) is 18.4 Å². The molecule has 0 N–H and O–H groups in total. The largest absolute Gasteiger partial charge is 0.459 e. The zero-order valence-corrected chi connectivity index (χ0v) is 13.5. The maximum Gasteiger partial charge on any atom is 0.283 e. The van der Waals surface area contributed by atoms with Crippen molar-refractivity contribution >= 4 is 11.0 Å². The van der Waals surface area contributed by atoms with Crippen LogP contribution in [0, 0.1) is 0 Å². The van der Waals surface area contributed by atoms with E-state index in [-0.39, 0.29) is 6.04 Å². The van der Waals surface area contributed by atoms with Crippen molar-refractivity contribution in [1.82, 2.24) is 15.1 Å². The maximum absolute atomic E-state index is 5.93. The zero-order chi connectivity index (χ0) is 16.5. The molecular weight excluding hydrogens is 306 g/mol. The summed E-state index contributed by atoms with van der Waals surface area (Å²) in [5.74, 6) is 2.40. The predicted octanol–water partition coefficient (Wildman–Crippen LogP) is 4.27. The van der Waals surface area contributed by atoms with E-state index in [1.165, 1.54) is 0 Å². The lowest BCUT2D eigenvalue weighted by atomic mass is 10.2. The van der Waals surface area contributed by atoms with E-state index in [0.29, 0.717) is 24.1 Å². The van der Waals surface area contributed by atoms with Gasteiger partial charge in [-0.2, -0.15) is 0 Å². The fourth-order valence-electron chi connectivity index (χ4n) is 2.59. The van der Waals surface area contributed by atoms with Gasteiger partial charge in [0.1, 0.15) is 11.3 Å². The summed E-state index contributed by atoms with van der Waals surface area (Å²) in [6.45, 7) is 2.60. The Morgan fingerprint density at radius 1 is 1.08 bits per heavy atom. The minimum absolute atomic E-state index is 0.0800. The summed E-state index contributed by atoms with van der Waals surface area (Å²) in [5.41, 5.74) is 0.894. The first-order valence-electron chi connectivity index (χ1n) is 7.75. The van der Waals surface area contributed by atoms with E-state index in [4.69, 9.17) is 13.3 Å². The molecule has 24 heavy (non-hydrogen) atoms. The lowest BCUT2D eigenvalue weighted by Gasteiger charge is -2.20. The lowest BCUT2D eigenvalue weighted by molar-refractivity contribution is 0.207. The highest BCUT2D eigenvalue weighted by atomic mass is 16.4. The fraction of sp³-hybridized carbons (Fsp3) is 0.222. The van der Waals surface area contributed by atoms with Crippen LogP contribution in [-0.2, 0) is 6.54 Å². The molecule has 0 saturated carbocycles. The van der Waals surface area contributed by atoms with Crippen LogP contribution >= 0.6 is 0 Å². The van der Waals surface area contributed by atoms with Gasteiger partial charge in [-0.25, -0.2) is 0 Å². The second-order valence-corrected chi connectivity index (χ2v) is 5.76. The highest BCUT2D eigenvalue weighted by Gasteiger charge is 2.19. The van der Waals surface area contributed by atoms with E-state index in [2.05, 4.69) is 28.1 Å². The van der Waals surface area contributed by atoms with Crippen molar-refractivity contribution < 1.29 is 13.3 Å². The van der Waals surface area contributed by atoms with Crippen LogP contribution in [0.25, 0.3) is 22.6 Å². The molecule has 0 amide bonds. The number of hydrogen-bond acceptors (Lipinski definition) is 6. The lowest BCUT2D eigenvalue weighted by Crippen LogP contribution is -2.21. The Hall–Kier alpha value is -2.86. The van der Waals surface area contributed by atoms with Crippen molar-refractivity contribution in [3.05, 3.63) is 60.4 Å². The van der Waals surface area contributed by atoms with Gasteiger partial charge >= 0.3 is 0 Å². The minimum atomic E-state index is 0.0800. The van der Waals surface area contributed by atoms with Gasteiger partial charge in [0.05, 0.1) is 18.8 Å². The smallest absolute Gasteiger partial charge is 0.283 e. The summed E-state index contributed by atoms with van der Waals surface area (Å²) in [4.78, 5) is 2.09.